The first-order valence-corrected chi connectivity index (χ1v) is 22.8. The van der Waals surface area contributed by atoms with Crippen molar-refractivity contribution in [3.8, 4) is 44.5 Å². The topological polar surface area (TPSA) is 19.6 Å². The van der Waals surface area contributed by atoms with Gasteiger partial charge in [0.05, 0.1) is 5.69 Å². The smallest absolute Gasteiger partial charge is 0.159 e. The van der Waals surface area contributed by atoms with Crippen LogP contribution in [-0.2, 0) is 0 Å². The molecule has 0 amide bonds. The molecule has 0 unspecified atom stereocenters. The number of hydrogen-bond donors (Lipinski definition) is 0. The summed E-state index contributed by atoms with van der Waals surface area (Å²) in [5.41, 5.74) is 17.0. The molecule has 0 aliphatic rings. The van der Waals surface area contributed by atoms with Gasteiger partial charge in [0.15, 0.2) is 5.58 Å². The van der Waals surface area contributed by atoms with Gasteiger partial charge in [0, 0.05) is 44.6 Å². The lowest BCUT2D eigenvalue weighted by atomic mass is 9.93. The van der Waals surface area contributed by atoms with Gasteiger partial charge in [-0.15, -0.1) is 0 Å². The molecule has 12 aromatic rings. The van der Waals surface area contributed by atoms with E-state index >= 15 is 0 Å². The fourth-order valence-electron chi connectivity index (χ4n) is 9.69. The van der Waals surface area contributed by atoms with Crippen LogP contribution >= 0.6 is 0 Å². The number of fused-ring (bicyclic) bond motifs is 5. The van der Waals surface area contributed by atoms with E-state index in [4.69, 9.17) is 4.42 Å². The number of anilines is 6. The average Bonchev–Trinajstić information content (AvgIpc) is 3.80. The van der Waals surface area contributed by atoms with Gasteiger partial charge in [-0.05, 0) is 117 Å². The van der Waals surface area contributed by atoms with E-state index in [1.807, 2.05) is 0 Å². The third-order valence-electron chi connectivity index (χ3n) is 12.8. The summed E-state index contributed by atoms with van der Waals surface area (Å²) < 4.78 is 7.26. The van der Waals surface area contributed by atoms with Crippen LogP contribution in [0.25, 0.3) is 77.2 Å². The summed E-state index contributed by atoms with van der Waals surface area (Å²) >= 11 is 0. The monoisotopic (exact) mass is 856 g/mol. The van der Waals surface area contributed by atoms with Gasteiger partial charge < -0.3 is 14.2 Å². The van der Waals surface area contributed by atoms with Gasteiger partial charge in [0.2, 0.25) is 0 Å². The fraction of sp³-hybridized carbons (Fsp3) is 0. The molecule has 0 saturated heterocycles. The number of nitrogens with zero attached hydrogens (tertiary/aromatic N) is 2. The van der Waals surface area contributed by atoms with Crippen LogP contribution in [0, 0.1) is 0 Å². The summed E-state index contributed by atoms with van der Waals surface area (Å²) in [6.45, 7) is 0. The molecule has 0 bridgehead atoms. The molecule has 11 aromatic carbocycles. The molecule has 12 rings (SSSR count). The van der Waals surface area contributed by atoms with E-state index in [-0.39, 0.29) is 0 Å². The SMILES string of the molecule is c1ccc(-c2ccc(N(c3ccccc3)c3cc(N(c4ccccc4)c4ccc(-c5ccccc5)c(-c5ccccc5)c4)c4oc5c6ccccc6ccc5c4c3)cc2-c2ccccc2)cc1. The molecule has 67 heavy (non-hydrogen) atoms. The van der Waals surface area contributed by atoms with Crippen molar-refractivity contribution >= 4 is 66.8 Å². The first kappa shape index (κ1) is 39.7. The minimum absolute atomic E-state index is 0.810. The van der Waals surface area contributed by atoms with Crippen LogP contribution in [-0.4, -0.2) is 0 Å². The molecule has 316 valence electrons. The highest BCUT2D eigenvalue weighted by Gasteiger charge is 2.26. The molecule has 0 N–H and O–H groups in total. The molecule has 0 saturated carbocycles. The Hall–Kier alpha value is -8.92. The lowest BCUT2D eigenvalue weighted by Gasteiger charge is -2.30. The standard InChI is InChI=1S/C64H44N2O/c1-7-21-45(22-8-1)55-39-36-52(41-59(55)47-25-11-3-12-26-47)65(50-30-15-5-16-31-50)54-43-61-58-38-35-49-29-19-20-34-57(49)63(58)67-64(61)62(44-54)66(51-32-17-6-18-33-51)53-37-40-56(46-23-9-2-10-24-46)60(42-53)48-27-13-4-14-28-48/h1-44H. The lowest BCUT2D eigenvalue weighted by molar-refractivity contribution is 0.673. The van der Waals surface area contributed by atoms with Gasteiger partial charge in [-0.3, -0.25) is 0 Å². The Morgan fingerprint density at radius 3 is 1.19 bits per heavy atom. The molecule has 3 heteroatoms. The number of rotatable bonds is 10. The molecular weight excluding hydrogens is 813 g/mol. The van der Waals surface area contributed by atoms with E-state index < -0.39 is 0 Å². The zero-order valence-electron chi connectivity index (χ0n) is 36.7. The van der Waals surface area contributed by atoms with Crippen LogP contribution < -0.4 is 9.80 Å². The van der Waals surface area contributed by atoms with Gasteiger partial charge in [-0.2, -0.15) is 0 Å². The van der Waals surface area contributed by atoms with Crippen molar-refractivity contribution in [1.29, 1.82) is 0 Å². The Kier molecular flexibility index (Phi) is 10.2. The summed E-state index contributed by atoms with van der Waals surface area (Å²) in [5.74, 6) is 0. The van der Waals surface area contributed by atoms with Crippen molar-refractivity contribution in [2.24, 2.45) is 0 Å². The van der Waals surface area contributed by atoms with Gasteiger partial charge >= 0.3 is 0 Å². The molecule has 0 spiro atoms. The lowest BCUT2D eigenvalue weighted by Crippen LogP contribution is -2.14. The van der Waals surface area contributed by atoms with Crippen molar-refractivity contribution in [3.05, 3.63) is 267 Å². The Labute approximate surface area is 390 Å². The molecule has 0 fully saturated rings. The largest absolute Gasteiger partial charge is 0.453 e. The predicted molar refractivity (Wildman–Crippen MR) is 282 cm³/mol. The normalized spacial score (nSPS) is 11.3. The molecule has 0 aliphatic carbocycles. The van der Waals surface area contributed by atoms with Crippen molar-refractivity contribution in [2.45, 2.75) is 0 Å². The van der Waals surface area contributed by atoms with Crippen molar-refractivity contribution in [1.82, 2.24) is 0 Å². The second-order valence-corrected chi connectivity index (χ2v) is 16.9. The summed E-state index contributed by atoms with van der Waals surface area (Å²) in [6, 6.07) is 95.5. The van der Waals surface area contributed by atoms with E-state index in [0.717, 1.165) is 89.1 Å². The van der Waals surface area contributed by atoms with Gasteiger partial charge in [0.25, 0.3) is 0 Å². The minimum Gasteiger partial charge on any atom is -0.453 e. The van der Waals surface area contributed by atoms with Crippen LogP contribution in [0.15, 0.2) is 271 Å². The molecule has 0 aliphatic heterocycles. The van der Waals surface area contributed by atoms with Crippen LogP contribution in [0.2, 0.25) is 0 Å². The second-order valence-electron chi connectivity index (χ2n) is 16.9. The summed E-state index contributed by atoms with van der Waals surface area (Å²) in [5, 5.41) is 4.31. The van der Waals surface area contributed by atoms with E-state index in [1.54, 1.807) is 0 Å². The maximum absolute atomic E-state index is 7.26. The highest BCUT2D eigenvalue weighted by molar-refractivity contribution is 6.19. The molecule has 0 atom stereocenters. The van der Waals surface area contributed by atoms with Crippen LogP contribution in [0.3, 0.4) is 0 Å². The van der Waals surface area contributed by atoms with Gasteiger partial charge in [-0.1, -0.05) is 200 Å². The molecule has 0 radical (unpaired) electrons. The van der Waals surface area contributed by atoms with Gasteiger partial charge in [-0.25, -0.2) is 0 Å². The second kappa shape index (κ2) is 17.2. The van der Waals surface area contributed by atoms with Crippen LogP contribution in [0.5, 0.6) is 0 Å². The number of para-hydroxylation sites is 2. The summed E-state index contributed by atoms with van der Waals surface area (Å²) in [4.78, 5) is 4.76. The number of hydrogen-bond acceptors (Lipinski definition) is 3. The molecule has 1 heterocycles. The number of benzene rings is 11. The Bertz CT molecular complexity index is 3670. The van der Waals surface area contributed by atoms with Crippen LogP contribution in [0.4, 0.5) is 34.1 Å². The molecule has 3 nitrogen and oxygen atoms in total. The summed E-state index contributed by atoms with van der Waals surface area (Å²) in [6.07, 6.45) is 0. The Balaban J connectivity index is 1.15. The van der Waals surface area contributed by atoms with Crippen molar-refractivity contribution < 1.29 is 4.42 Å². The maximum atomic E-state index is 7.26. The Morgan fingerprint density at radius 2 is 0.672 bits per heavy atom. The highest BCUT2D eigenvalue weighted by Crippen LogP contribution is 2.50. The molecule has 1 aromatic heterocycles. The fourth-order valence-corrected chi connectivity index (χ4v) is 9.69. The first-order valence-electron chi connectivity index (χ1n) is 22.8. The van der Waals surface area contributed by atoms with E-state index in [0.29, 0.717) is 0 Å². The van der Waals surface area contributed by atoms with E-state index in [9.17, 15) is 0 Å². The quantitative estimate of drug-likeness (QED) is 0.137. The predicted octanol–water partition coefficient (Wildman–Crippen LogP) is 18.3. The minimum atomic E-state index is 0.810. The highest BCUT2D eigenvalue weighted by atomic mass is 16.3. The third-order valence-corrected chi connectivity index (χ3v) is 12.8. The Morgan fingerprint density at radius 1 is 0.239 bits per heavy atom. The zero-order valence-corrected chi connectivity index (χ0v) is 36.7. The average molecular weight is 857 g/mol. The van der Waals surface area contributed by atoms with E-state index in [2.05, 4.69) is 277 Å². The van der Waals surface area contributed by atoms with Crippen molar-refractivity contribution in [2.75, 3.05) is 9.80 Å². The number of furan rings is 1. The van der Waals surface area contributed by atoms with E-state index in [1.165, 1.54) is 22.3 Å². The van der Waals surface area contributed by atoms with Crippen molar-refractivity contribution in [3.63, 3.8) is 0 Å². The third kappa shape index (κ3) is 7.39. The van der Waals surface area contributed by atoms with Crippen LogP contribution in [0.1, 0.15) is 0 Å². The van der Waals surface area contributed by atoms with Gasteiger partial charge in [0.1, 0.15) is 5.58 Å². The first-order chi connectivity index (χ1) is 33.2. The summed E-state index contributed by atoms with van der Waals surface area (Å²) in [7, 11) is 0. The zero-order chi connectivity index (χ0) is 44.5. The molecular formula is C64H44N2O. The maximum Gasteiger partial charge on any atom is 0.159 e.